The fraction of sp³-hybridized carbons (Fsp3) is 0.609. The minimum Gasteiger partial charge on any atom is -0.486 e. The highest BCUT2D eigenvalue weighted by atomic mass is 16.6. The molecule has 2 saturated heterocycles. The molecule has 2 N–H and O–H groups in total. The molecule has 4 rings (SSSR count). The quantitative estimate of drug-likeness (QED) is 0.654. The van der Waals surface area contributed by atoms with Crippen LogP contribution in [0.1, 0.15) is 33.1 Å². The SMILES string of the molecule is CC(C)[C@@H](NC(=O)C1CC(=O)N(c2ccc3c(c2)OCCO3)C1)C(=O)NCC1CCCO1. The molecule has 0 aromatic heterocycles. The Morgan fingerprint density at radius 3 is 2.66 bits per heavy atom. The summed E-state index contributed by atoms with van der Waals surface area (Å²) >= 11 is 0. The van der Waals surface area contributed by atoms with Gasteiger partial charge in [-0.15, -0.1) is 0 Å². The number of nitrogens with zero attached hydrogens (tertiary/aromatic N) is 1. The molecule has 9 heteroatoms. The Balaban J connectivity index is 1.36. The molecule has 1 aromatic rings. The zero-order chi connectivity index (χ0) is 22.7. The summed E-state index contributed by atoms with van der Waals surface area (Å²) in [7, 11) is 0. The highest BCUT2D eigenvalue weighted by Gasteiger charge is 2.37. The Labute approximate surface area is 187 Å². The van der Waals surface area contributed by atoms with Gasteiger partial charge < -0.3 is 29.7 Å². The van der Waals surface area contributed by atoms with E-state index < -0.39 is 12.0 Å². The van der Waals surface area contributed by atoms with Crippen molar-refractivity contribution in [2.24, 2.45) is 11.8 Å². The summed E-state index contributed by atoms with van der Waals surface area (Å²) in [5, 5.41) is 5.75. The number of hydrogen-bond donors (Lipinski definition) is 2. The molecule has 3 aliphatic heterocycles. The fourth-order valence-corrected chi connectivity index (χ4v) is 4.27. The zero-order valence-electron chi connectivity index (χ0n) is 18.6. The Kier molecular flexibility index (Phi) is 6.83. The number of amides is 3. The first kappa shape index (κ1) is 22.4. The number of ether oxygens (including phenoxy) is 3. The predicted molar refractivity (Wildman–Crippen MR) is 117 cm³/mol. The molecule has 3 heterocycles. The molecule has 0 saturated carbocycles. The van der Waals surface area contributed by atoms with Crippen molar-refractivity contribution < 1.29 is 28.6 Å². The third-order valence-corrected chi connectivity index (χ3v) is 6.11. The Bertz CT molecular complexity index is 867. The average Bonchev–Trinajstić information content (AvgIpc) is 3.45. The van der Waals surface area contributed by atoms with E-state index >= 15 is 0 Å². The number of rotatable bonds is 7. The van der Waals surface area contributed by atoms with E-state index in [1.807, 2.05) is 13.8 Å². The van der Waals surface area contributed by atoms with E-state index in [0.29, 0.717) is 36.9 Å². The van der Waals surface area contributed by atoms with Gasteiger partial charge in [0.1, 0.15) is 19.3 Å². The highest BCUT2D eigenvalue weighted by molar-refractivity contribution is 6.01. The Hall–Kier alpha value is -2.81. The third-order valence-electron chi connectivity index (χ3n) is 6.11. The van der Waals surface area contributed by atoms with Crippen LogP contribution in [-0.2, 0) is 19.1 Å². The summed E-state index contributed by atoms with van der Waals surface area (Å²) in [6.45, 7) is 6.15. The van der Waals surface area contributed by atoms with Gasteiger partial charge in [0.2, 0.25) is 17.7 Å². The molecule has 174 valence electrons. The van der Waals surface area contributed by atoms with E-state index in [1.54, 1.807) is 23.1 Å². The molecule has 0 bridgehead atoms. The van der Waals surface area contributed by atoms with Gasteiger partial charge in [-0.1, -0.05) is 13.8 Å². The van der Waals surface area contributed by atoms with E-state index in [2.05, 4.69) is 10.6 Å². The molecule has 1 aromatic carbocycles. The lowest BCUT2D eigenvalue weighted by molar-refractivity contribution is -0.132. The normalized spacial score (nSPS) is 23.3. The van der Waals surface area contributed by atoms with Crippen molar-refractivity contribution in [2.45, 2.75) is 45.3 Å². The summed E-state index contributed by atoms with van der Waals surface area (Å²) in [4.78, 5) is 39.9. The monoisotopic (exact) mass is 445 g/mol. The summed E-state index contributed by atoms with van der Waals surface area (Å²) in [6, 6.07) is 4.67. The smallest absolute Gasteiger partial charge is 0.242 e. The maximum atomic E-state index is 12.9. The van der Waals surface area contributed by atoms with Crippen molar-refractivity contribution in [3.63, 3.8) is 0 Å². The van der Waals surface area contributed by atoms with Crippen LogP contribution in [0.4, 0.5) is 5.69 Å². The van der Waals surface area contributed by atoms with Gasteiger partial charge in [0, 0.05) is 37.9 Å². The molecule has 2 unspecified atom stereocenters. The number of benzene rings is 1. The number of carbonyl (C=O) groups excluding carboxylic acids is 3. The lowest BCUT2D eigenvalue weighted by Crippen LogP contribution is -2.52. The molecule has 3 atom stereocenters. The maximum Gasteiger partial charge on any atom is 0.242 e. The van der Waals surface area contributed by atoms with E-state index in [1.165, 1.54) is 0 Å². The van der Waals surface area contributed by atoms with E-state index in [-0.39, 0.29) is 42.7 Å². The first-order valence-electron chi connectivity index (χ1n) is 11.3. The molecular weight excluding hydrogens is 414 g/mol. The predicted octanol–water partition coefficient (Wildman–Crippen LogP) is 1.25. The van der Waals surface area contributed by atoms with Crippen LogP contribution >= 0.6 is 0 Å². The number of hydrogen-bond acceptors (Lipinski definition) is 6. The van der Waals surface area contributed by atoms with Crippen molar-refractivity contribution >= 4 is 23.4 Å². The highest BCUT2D eigenvalue weighted by Crippen LogP contribution is 2.36. The van der Waals surface area contributed by atoms with Gasteiger partial charge in [0.15, 0.2) is 11.5 Å². The van der Waals surface area contributed by atoms with Crippen LogP contribution in [-0.4, -0.2) is 62.8 Å². The lowest BCUT2D eigenvalue weighted by atomic mass is 10.0. The number of carbonyl (C=O) groups is 3. The van der Waals surface area contributed by atoms with Crippen LogP contribution in [0.15, 0.2) is 18.2 Å². The van der Waals surface area contributed by atoms with Crippen molar-refractivity contribution in [1.82, 2.24) is 10.6 Å². The molecule has 2 fully saturated rings. The lowest BCUT2D eigenvalue weighted by Gasteiger charge is -2.24. The largest absolute Gasteiger partial charge is 0.486 e. The third kappa shape index (κ3) is 4.98. The summed E-state index contributed by atoms with van der Waals surface area (Å²) in [5.41, 5.74) is 0.671. The van der Waals surface area contributed by atoms with Gasteiger partial charge in [-0.3, -0.25) is 14.4 Å². The molecule has 3 aliphatic rings. The first-order valence-corrected chi connectivity index (χ1v) is 11.3. The minimum atomic E-state index is -0.664. The van der Waals surface area contributed by atoms with Gasteiger partial charge in [-0.05, 0) is 30.9 Å². The van der Waals surface area contributed by atoms with Crippen LogP contribution in [0.3, 0.4) is 0 Å². The van der Waals surface area contributed by atoms with Gasteiger partial charge in [-0.2, -0.15) is 0 Å². The van der Waals surface area contributed by atoms with E-state index in [0.717, 1.165) is 19.4 Å². The number of anilines is 1. The second kappa shape index (κ2) is 9.77. The van der Waals surface area contributed by atoms with Crippen molar-refractivity contribution in [3.05, 3.63) is 18.2 Å². The van der Waals surface area contributed by atoms with Crippen LogP contribution < -0.4 is 25.0 Å². The molecule has 3 amide bonds. The second-order valence-corrected chi connectivity index (χ2v) is 8.84. The van der Waals surface area contributed by atoms with Crippen molar-refractivity contribution in [2.75, 3.05) is 37.8 Å². The summed E-state index contributed by atoms with van der Waals surface area (Å²) < 4.78 is 16.7. The standard InChI is InChI=1S/C23H31N3O6/c1-14(2)21(23(29)24-12-17-4-3-7-30-17)25-22(28)15-10-20(27)26(13-15)16-5-6-18-19(11-16)32-9-8-31-18/h5-6,11,14-15,17,21H,3-4,7-10,12-13H2,1-2H3,(H,24,29)(H,25,28)/t15?,17?,21-/m1/s1. The minimum absolute atomic E-state index is 0.0365. The average molecular weight is 446 g/mol. The van der Waals surface area contributed by atoms with E-state index in [4.69, 9.17) is 14.2 Å². The van der Waals surface area contributed by atoms with Crippen LogP contribution in [0.25, 0.3) is 0 Å². The van der Waals surface area contributed by atoms with Crippen molar-refractivity contribution in [3.8, 4) is 11.5 Å². The topological polar surface area (TPSA) is 106 Å². The van der Waals surface area contributed by atoms with Gasteiger partial charge in [-0.25, -0.2) is 0 Å². The van der Waals surface area contributed by atoms with Crippen LogP contribution in [0.2, 0.25) is 0 Å². The Morgan fingerprint density at radius 1 is 1.16 bits per heavy atom. The maximum absolute atomic E-state index is 12.9. The Morgan fingerprint density at radius 2 is 1.94 bits per heavy atom. The van der Waals surface area contributed by atoms with E-state index in [9.17, 15) is 14.4 Å². The summed E-state index contributed by atoms with van der Waals surface area (Å²) in [5.74, 6) is -0.0173. The first-order chi connectivity index (χ1) is 15.4. The van der Waals surface area contributed by atoms with Crippen LogP contribution in [0, 0.1) is 11.8 Å². The zero-order valence-corrected chi connectivity index (χ0v) is 18.6. The molecule has 0 spiro atoms. The molecular formula is C23H31N3O6. The summed E-state index contributed by atoms with van der Waals surface area (Å²) in [6.07, 6.45) is 2.07. The number of fused-ring (bicyclic) bond motifs is 1. The molecule has 0 radical (unpaired) electrons. The number of nitrogens with one attached hydrogen (secondary N) is 2. The molecule has 32 heavy (non-hydrogen) atoms. The van der Waals surface area contributed by atoms with Gasteiger partial charge >= 0.3 is 0 Å². The van der Waals surface area contributed by atoms with Gasteiger partial charge in [0.25, 0.3) is 0 Å². The molecule has 9 nitrogen and oxygen atoms in total. The van der Waals surface area contributed by atoms with Gasteiger partial charge in [0.05, 0.1) is 12.0 Å². The second-order valence-electron chi connectivity index (χ2n) is 8.84. The fourth-order valence-electron chi connectivity index (χ4n) is 4.27. The molecule has 0 aliphatic carbocycles. The van der Waals surface area contributed by atoms with Crippen LogP contribution in [0.5, 0.6) is 11.5 Å². The van der Waals surface area contributed by atoms with Crippen molar-refractivity contribution in [1.29, 1.82) is 0 Å².